The first-order valence-electron chi connectivity index (χ1n) is 6.03. The van der Waals surface area contributed by atoms with E-state index in [4.69, 9.17) is 0 Å². The van der Waals surface area contributed by atoms with Gasteiger partial charge in [-0.25, -0.2) is 4.39 Å². The quantitative estimate of drug-likeness (QED) is 0.844. The molecule has 0 amide bonds. The Morgan fingerprint density at radius 3 is 2.20 bits per heavy atom. The van der Waals surface area contributed by atoms with E-state index in [9.17, 15) is 17.6 Å². The van der Waals surface area contributed by atoms with Gasteiger partial charge in [0.2, 0.25) is 0 Å². The highest BCUT2D eigenvalue weighted by Crippen LogP contribution is 2.30. The molecule has 0 bridgehead atoms. The smallest absolute Gasteiger partial charge is 0.322 e. The molecule has 1 N–H and O–H groups in total. The van der Waals surface area contributed by atoms with Crippen molar-refractivity contribution >= 4 is 0 Å². The Bertz CT molecular complexity index is 595. The molecule has 0 radical (unpaired) electrons. The van der Waals surface area contributed by atoms with E-state index in [1.165, 1.54) is 0 Å². The van der Waals surface area contributed by atoms with Crippen molar-refractivity contribution in [2.45, 2.75) is 26.6 Å². The van der Waals surface area contributed by atoms with Crippen molar-refractivity contribution in [3.63, 3.8) is 0 Å². The van der Waals surface area contributed by atoms with Crippen LogP contribution in [0.25, 0.3) is 0 Å². The molecule has 0 aliphatic carbocycles. The Morgan fingerprint density at radius 2 is 1.65 bits per heavy atom. The van der Waals surface area contributed by atoms with Crippen molar-refractivity contribution in [3.8, 4) is 0 Å². The molecule has 0 spiro atoms. The predicted octanol–water partition coefficient (Wildman–Crippen LogP) is 4.01. The van der Waals surface area contributed by atoms with Crippen LogP contribution in [0.3, 0.4) is 0 Å². The van der Waals surface area contributed by atoms with Crippen LogP contribution in [-0.2, 0) is 12.7 Å². The van der Waals surface area contributed by atoms with Gasteiger partial charge in [0.15, 0.2) is 0 Å². The van der Waals surface area contributed by atoms with Crippen LogP contribution in [0.15, 0.2) is 30.3 Å². The summed E-state index contributed by atoms with van der Waals surface area (Å²) in [6, 6.07) is 6.31. The first-order chi connectivity index (χ1) is 9.27. The van der Waals surface area contributed by atoms with Crippen LogP contribution in [0, 0.1) is 19.7 Å². The van der Waals surface area contributed by atoms with Crippen LogP contribution in [-0.4, -0.2) is 4.68 Å². The fourth-order valence-electron chi connectivity index (χ4n) is 2.00. The monoisotopic (exact) mass is 286 g/mol. The first kappa shape index (κ1) is 14.4. The summed E-state index contributed by atoms with van der Waals surface area (Å²) in [5.41, 5.74) is 4.08. The molecule has 0 unspecified atom stereocenters. The lowest BCUT2D eigenvalue weighted by atomic mass is 10.1. The van der Waals surface area contributed by atoms with Crippen molar-refractivity contribution in [1.82, 2.24) is 4.68 Å². The number of aromatic nitrogens is 1. The maximum atomic E-state index is 13.2. The minimum Gasteiger partial charge on any atom is -0.322 e. The number of nitrogens with zero attached hydrogens (tertiary/aromatic N) is 1. The number of aryl methyl sites for hydroxylation is 2. The average molecular weight is 286 g/mol. The number of rotatable bonds is 3. The van der Waals surface area contributed by atoms with Crippen molar-refractivity contribution < 1.29 is 17.6 Å². The fraction of sp³-hybridized carbons (Fsp3) is 0.286. The number of nitrogens with one attached hydrogen (secondary N) is 1. The van der Waals surface area contributed by atoms with Gasteiger partial charge in [-0.2, -0.15) is 13.2 Å². The summed E-state index contributed by atoms with van der Waals surface area (Å²) < 4.78 is 52.8. The van der Waals surface area contributed by atoms with Crippen LogP contribution in [0.5, 0.6) is 0 Å². The van der Waals surface area contributed by atoms with E-state index in [-0.39, 0.29) is 12.1 Å². The van der Waals surface area contributed by atoms with E-state index >= 15 is 0 Å². The Morgan fingerprint density at radius 1 is 1.05 bits per heavy atom. The molecule has 20 heavy (non-hydrogen) atoms. The zero-order chi connectivity index (χ0) is 14.9. The molecule has 2 nitrogen and oxygen atoms in total. The van der Waals surface area contributed by atoms with Gasteiger partial charge in [-0.3, -0.25) is 4.68 Å². The molecule has 1 heterocycles. The van der Waals surface area contributed by atoms with Gasteiger partial charge in [0.1, 0.15) is 5.82 Å². The van der Waals surface area contributed by atoms with Gasteiger partial charge in [0.05, 0.1) is 12.1 Å². The van der Waals surface area contributed by atoms with Gasteiger partial charge in [-0.05, 0) is 49.7 Å². The number of hydrogen-bond acceptors (Lipinski definition) is 1. The van der Waals surface area contributed by atoms with Crippen LogP contribution in [0.1, 0.15) is 22.5 Å². The third kappa shape index (κ3) is 3.12. The number of benzene rings is 1. The molecule has 0 atom stereocenters. The average Bonchev–Trinajstić information content (AvgIpc) is 2.65. The molecule has 0 fully saturated rings. The standard InChI is InChI=1S/C14H14F4N2/c1-9-3-4-10(2)20(9)19-8-11-5-12(14(16,17)18)7-13(15)6-11/h3-7,19H,8H2,1-2H3. The van der Waals surface area contributed by atoms with Crippen LogP contribution < -0.4 is 5.43 Å². The molecule has 2 aromatic rings. The van der Waals surface area contributed by atoms with E-state index in [1.54, 1.807) is 4.68 Å². The van der Waals surface area contributed by atoms with Crippen molar-refractivity contribution in [2.75, 3.05) is 5.43 Å². The van der Waals surface area contributed by atoms with Crippen LogP contribution in [0.4, 0.5) is 17.6 Å². The second kappa shape index (κ2) is 5.19. The molecule has 1 aromatic heterocycles. The lowest BCUT2D eigenvalue weighted by Crippen LogP contribution is -2.17. The normalized spacial score (nSPS) is 11.7. The zero-order valence-electron chi connectivity index (χ0n) is 11.1. The summed E-state index contributed by atoms with van der Waals surface area (Å²) in [4.78, 5) is 0. The number of halogens is 4. The summed E-state index contributed by atoms with van der Waals surface area (Å²) in [5.74, 6) is -0.891. The third-order valence-electron chi connectivity index (χ3n) is 3.00. The van der Waals surface area contributed by atoms with E-state index in [2.05, 4.69) is 5.43 Å². The Labute approximate surface area is 114 Å². The Hall–Kier alpha value is -1.98. The molecule has 1 aromatic carbocycles. The molecule has 6 heteroatoms. The third-order valence-corrected chi connectivity index (χ3v) is 3.00. The molecule has 0 aliphatic rings. The predicted molar refractivity (Wildman–Crippen MR) is 68.4 cm³/mol. The van der Waals surface area contributed by atoms with Gasteiger partial charge in [0, 0.05) is 11.4 Å². The topological polar surface area (TPSA) is 17.0 Å². The lowest BCUT2D eigenvalue weighted by molar-refractivity contribution is -0.137. The van der Waals surface area contributed by atoms with E-state index in [0.717, 1.165) is 23.5 Å². The highest BCUT2D eigenvalue weighted by atomic mass is 19.4. The molecular formula is C14H14F4N2. The second-order valence-corrected chi connectivity index (χ2v) is 4.63. The van der Waals surface area contributed by atoms with Crippen LogP contribution >= 0.6 is 0 Å². The summed E-state index contributed by atoms with van der Waals surface area (Å²) in [6.45, 7) is 3.84. The molecule has 0 saturated heterocycles. The van der Waals surface area contributed by atoms with Crippen LogP contribution in [0.2, 0.25) is 0 Å². The fourth-order valence-corrected chi connectivity index (χ4v) is 2.00. The lowest BCUT2D eigenvalue weighted by Gasteiger charge is -2.14. The first-order valence-corrected chi connectivity index (χ1v) is 6.03. The van der Waals surface area contributed by atoms with E-state index in [0.29, 0.717) is 6.07 Å². The minimum absolute atomic E-state index is 0.108. The maximum Gasteiger partial charge on any atom is 0.416 e. The SMILES string of the molecule is Cc1ccc(C)n1NCc1cc(F)cc(C(F)(F)F)c1. The van der Waals surface area contributed by atoms with Gasteiger partial charge in [-0.15, -0.1) is 0 Å². The number of alkyl halides is 3. The molecule has 2 rings (SSSR count). The van der Waals surface area contributed by atoms with Gasteiger partial charge < -0.3 is 5.43 Å². The molecule has 0 saturated carbocycles. The summed E-state index contributed by atoms with van der Waals surface area (Å²) >= 11 is 0. The van der Waals surface area contributed by atoms with Gasteiger partial charge in [-0.1, -0.05) is 0 Å². The zero-order valence-corrected chi connectivity index (χ0v) is 11.1. The Balaban J connectivity index is 2.20. The highest BCUT2D eigenvalue weighted by molar-refractivity contribution is 5.28. The Kier molecular flexibility index (Phi) is 3.74. The second-order valence-electron chi connectivity index (χ2n) is 4.63. The maximum absolute atomic E-state index is 13.2. The van der Waals surface area contributed by atoms with Crippen molar-refractivity contribution in [3.05, 3.63) is 58.7 Å². The molecule has 0 aliphatic heterocycles. The van der Waals surface area contributed by atoms with Crippen molar-refractivity contribution in [1.29, 1.82) is 0 Å². The van der Waals surface area contributed by atoms with E-state index in [1.807, 2.05) is 26.0 Å². The summed E-state index contributed by atoms with van der Waals surface area (Å²) in [7, 11) is 0. The van der Waals surface area contributed by atoms with Gasteiger partial charge >= 0.3 is 6.18 Å². The largest absolute Gasteiger partial charge is 0.416 e. The molecular weight excluding hydrogens is 272 g/mol. The minimum atomic E-state index is -4.55. The number of hydrogen-bond donors (Lipinski definition) is 1. The highest BCUT2D eigenvalue weighted by Gasteiger charge is 2.31. The summed E-state index contributed by atoms with van der Waals surface area (Å²) in [6.07, 6.45) is -4.55. The van der Waals surface area contributed by atoms with E-state index < -0.39 is 17.6 Å². The summed E-state index contributed by atoms with van der Waals surface area (Å²) in [5, 5.41) is 0. The molecule has 108 valence electrons. The van der Waals surface area contributed by atoms with Crippen molar-refractivity contribution in [2.24, 2.45) is 0 Å². The van der Waals surface area contributed by atoms with Gasteiger partial charge in [0.25, 0.3) is 0 Å².